The van der Waals surface area contributed by atoms with Crippen LogP contribution in [0.4, 0.5) is 0 Å². The fourth-order valence-electron chi connectivity index (χ4n) is 2.82. The predicted octanol–water partition coefficient (Wildman–Crippen LogP) is 4.71. The molecule has 0 aromatic carbocycles. The molecule has 1 N–H and O–H groups in total. The van der Waals surface area contributed by atoms with Gasteiger partial charge in [-0.25, -0.2) is 0 Å². The molecule has 1 aliphatic carbocycles. The highest BCUT2D eigenvalue weighted by molar-refractivity contribution is 7.16. The molecule has 1 heterocycles. The number of rotatable bonds is 3. The SMILES string of the molecule is CCC1(C(O)c2cc(C)c(Cl)s2)CCCC1. The Kier molecular flexibility index (Phi) is 3.62. The van der Waals surface area contributed by atoms with Crippen LogP contribution in [-0.4, -0.2) is 5.11 Å². The number of halogens is 1. The van der Waals surface area contributed by atoms with Crippen molar-refractivity contribution in [2.24, 2.45) is 5.41 Å². The summed E-state index contributed by atoms with van der Waals surface area (Å²) in [6.45, 7) is 4.19. The maximum absolute atomic E-state index is 10.6. The summed E-state index contributed by atoms with van der Waals surface area (Å²) in [5.41, 5.74) is 1.20. The topological polar surface area (TPSA) is 20.2 Å². The van der Waals surface area contributed by atoms with Gasteiger partial charge in [-0.05, 0) is 37.8 Å². The molecule has 1 aliphatic rings. The Morgan fingerprint density at radius 1 is 1.50 bits per heavy atom. The first-order chi connectivity index (χ1) is 7.59. The number of aliphatic hydroxyl groups excluding tert-OH is 1. The predicted molar refractivity (Wildman–Crippen MR) is 70.2 cm³/mol. The molecule has 1 nitrogen and oxygen atoms in total. The molecule has 0 spiro atoms. The van der Waals surface area contributed by atoms with Crippen LogP contribution >= 0.6 is 22.9 Å². The van der Waals surface area contributed by atoms with E-state index >= 15 is 0 Å². The van der Waals surface area contributed by atoms with E-state index in [1.807, 2.05) is 13.0 Å². The van der Waals surface area contributed by atoms with Crippen LogP contribution in [0.15, 0.2) is 6.07 Å². The van der Waals surface area contributed by atoms with Crippen molar-refractivity contribution in [3.63, 3.8) is 0 Å². The highest BCUT2D eigenvalue weighted by atomic mass is 35.5. The summed E-state index contributed by atoms with van der Waals surface area (Å²) in [5, 5.41) is 10.6. The van der Waals surface area contributed by atoms with Gasteiger partial charge < -0.3 is 5.11 Å². The van der Waals surface area contributed by atoms with Crippen molar-refractivity contribution in [3.8, 4) is 0 Å². The largest absolute Gasteiger partial charge is 0.387 e. The zero-order valence-corrected chi connectivity index (χ0v) is 11.5. The van der Waals surface area contributed by atoms with Gasteiger partial charge in [0.05, 0.1) is 10.4 Å². The summed E-state index contributed by atoms with van der Waals surface area (Å²) >= 11 is 7.61. The van der Waals surface area contributed by atoms with Gasteiger partial charge in [-0.2, -0.15) is 0 Å². The second-order valence-electron chi connectivity index (χ2n) is 4.93. The molecule has 1 saturated carbocycles. The average Bonchev–Trinajstić information content (AvgIpc) is 2.87. The summed E-state index contributed by atoms with van der Waals surface area (Å²) in [7, 11) is 0. The van der Waals surface area contributed by atoms with Crippen LogP contribution in [-0.2, 0) is 0 Å². The lowest BCUT2D eigenvalue weighted by Gasteiger charge is -2.32. The van der Waals surface area contributed by atoms with Crippen LogP contribution < -0.4 is 0 Å². The quantitative estimate of drug-likeness (QED) is 0.832. The molecule has 0 amide bonds. The summed E-state index contributed by atoms with van der Waals surface area (Å²) in [6, 6.07) is 2.05. The Morgan fingerprint density at radius 2 is 2.12 bits per heavy atom. The maximum Gasteiger partial charge on any atom is 0.0961 e. The van der Waals surface area contributed by atoms with E-state index in [4.69, 9.17) is 11.6 Å². The monoisotopic (exact) mass is 258 g/mol. The van der Waals surface area contributed by atoms with Crippen molar-refractivity contribution in [3.05, 3.63) is 20.8 Å². The number of hydrogen-bond acceptors (Lipinski definition) is 2. The standard InChI is InChI=1S/C13H19ClOS/c1-3-13(6-4-5-7-13)11(15)10-8-9(2)12(14)16-10/h8,11,15H,3-7H2,1-2H3. The lowest BCUT2D eigenvalue weighted by molar-refractivity contribution is 0.0265. The summed E-state index contributed by atoms with van der Waals surface area (Å²) < 4.78 is 0.818. The van der Waals surface area contributed by atoms with Gasteiger partial charge in [-0.1, -0.05) is 31.4 Å². The molecular weight excluding hydrogens is 240 g/mol. The van der Waals surface area contributed by atoms with Crippen LogP contribution in [0.25, 0.3) is 0 Å². The number of thiophene rings is 1. The van der Waals surface area contributed by atoms with Crippen molar-refractivity contribution in [2.45, 2.75) is 52.1 Å². The molecule has 0 bridgehead atoms. The first-order valence-electron chi connectivity index (χ1n) is 6.03. The molecule has 1 fully saturated rings. The molecule has 0 radical (unpaired) electrons. The van der Waals surface area contributed by atoms with Crippen LogP contribution in [0.2, 0.25) is 4.34 Å². The van der Waals surface area contributed by atoms with Crippen molar-refractivity contribution in [1.82, 2.24) is 0 Å². The third-order valence-electron chi connectivity index (χ3n) is 4.03. The van der Waals surface area contributed by atoms with E-state index in [1.165, 1.54) is 24.2 Å². The van der Waals surface area contributed by atoms with Gasteiger partial charge in [-0.3, -0.25) is 0 Å². The third kappa shape index (κ3) is 2.03. The molecule has 1 aromatic heterocycles. The van der Waals surface area contributed by atoms with Gasteiger partial charge in [0.25, 0.3) is 0 Å². The van der Waals surface area contributed by atoms with E-state index in [0.29, 0.717) is 0 Å². The maximum atomic E-state index is 10.6. The van der Waals surface area contributed by atoms with Gasteiger partial charge in [0.15, 0.2) is 0 Å². The third-order valence-corrected chi connectivity index (χ3v) is 5.64. The van der Waals surface area contributed by atoms with Crippen LogP contribution in [0, 0.1) is 12.3 Å². The van der Waals surface area contributed by atoms with E-state index in [9.17, 15) is 5.11 Å². The van der Waals surface area contributed by atoms with Crippen LogP contribution in [0.5, 0.6) is 0 Å². The second kappa shape index (κ2) is 4.67. The minimum Gasteiger partial charge on any atom is -0.387 e. The molecule has 0 saturated heterocycles. The molecule has 1 aromatic rings. The van der Waals surface area contributed by atoms with Gasteiger partial charge in [-0.15, -0.1) is 11.3 Å². The normalized spacial score (nSPS) is 21.2. The smallest absolute Gasteiger partial charge is 0.0961 e. The first kappa shape index (κ1) is 12.4. The fourth-order valence-corrected chi connectivity index (χ4v) is 4.17. The summed E-state index contributed by atoms with van der Waals surface area (Å²) in [4.78, 5) is 1.05. The fraction of sp³-hybridized carbons (Fsp3) is 0.692. The van der Waals surface area contributed by atoms with E-state index < -0.39 is 0 Å². The molecule has 2 rings (SSSR count). The number of hydrogen-bond donors (Lipinski definition) is 1. The highest BCUT2D eigenvalue weighted by Crippen LogP contribution is 2.51. The molecule has 1 unspecified atom stereocenters. The Hall–Kier alpha value is -0.0500. The zero-order valence-electron chi connectivity index (χ0n) is 9.92. The molecular formula is C13H19ClOS. The molecule has 3 heteroatoms. The van der Waals surface area contributed by atoms with E-state index in [2.05, 4.69) is 6.92 Å². The van der Waals surface area contributed by atoms with Crippen molar-refractivity contribution in [1.29, 1.82) is 0 Å². The van der Waals surface area contributed by atoms with Crippen molar-refractivity contribution >= 4 is 22.9 Å². The zero-order chi connectivity index (χ0) is 11.8. The van der Waals surface area contributed by atoms with Gasteiger partial charge in [0.2, 0.25) is 0 Å². The van der Waals surface area contributed by atoms with Crippen molar-refractivity contribution in [2.75, 3.05) is 0 Å². The number of aryl methyl sites for hydroxylation is 1. The Bertz CT molecular complexity index is 347. The van der Waals surface area contributed by atoms with E-state index in [-0.39, 0.29) is 11.5 Å². The molecule has 16 heavy (non-hydrogen) atoms. The Morgan fingerprint density at radius 3 is 2.56 bits per heavy atom. The minimum absolute atomic E-state index is 0.112. The van der Waals surface area contributed by atoms with Crippen LogP contribution in [0.3, 0.4) is 0 Å². The lowest BCUT2D eigenvalue weighted by atomic mass is 9.77. The van der Waals surface area contributed by atoms with Gasteiger partial charge in [0.1, 0.15) is 0 Å². The minimum atomic E-state index is -0.323. The molecule has 90 valence electrons. The second-order valence-corrected chi connectivity index (χ2v) is 6.62. The van der Waals surface area contributed by atoms with Crippen molar-refractivity contribution < 1.29 is 5.11 Å². The van der Waals surface area contributed by atoms with E-state index in [0.717, 1.165) is 34.0 Å². The van der Waals surface area contributed by atoms with Gasteiger partial charge >= 0.3 is 0 Å². The first-order valence-corrected chi connectivity index (χ1v) is 7.22. The molecule has 1 atom stereocenters. The summed E-state index contributed by atoms with van der Waals surface area (Å²) in [6.07, 6.45) is 5.55. The molecule has 0 aliphatic heterocycles. The lowest BCUT2D eigenvalue weighted by Crippen LogP contribution is -2.24. The number of aliphatic hydroxyl groups is 1. The Balaban J connectivity index is 2.26. The highest BCUT2D eigenvalue weighted by Gasteiger charge is 2.40. The average molecular weight is 259 g/mol. The van der Waals surface area contributed by atoms with E-state index in [1.54, 1.807) is 0 Å². The van der Waals surface area contributed by atoms with Gasteiger partial charge in [0, 0.05) is 10.3 Å². The van der Waals surface area contributed by atoms with Crippen LogP contribution in [0.1, 0.15) is 55.6 Å². The Labute approximate surface area is 106 Å². The summed E-state index contributed by atoms with van der Waals surface area (Å²) in [5.74, 6) is 0.